The molecule has 0 radical (unpaired) electrons. The van der Waals surface area contributed by atoms with Crippen LogP contribution in [0.5, 0.6) is 0 Å². The highest BCUT2D eigenvalue weighted by Crippen LogP contribution is 2.28. The van der Waals surface area contributed by atoms with Gasteiger partial charge in [-0.15, -0.1) is 0 Å². The van der Waals surface area contributed by atoms with Gasteiger partial charge in [0.2, 0.25) is 0 Å². The maximum absolute atomic E-state index is 4.45. The minimum Gasteiger partial charge on any atom is -0.313 e. The fourth-order valence-electron chi connectivity index (χ4n) is 3.03. The molecule has 1 fully saturated rings. The third-order valence-corrected chi connectivity index (χ3v) is 5.68. The van der Waals surface area contributed by atoms with E-state index in [1.165, 1.54) is 37.9 Å². The number of thioether (sulfide) groups is 1. The Hall–Kier alpha value is -0.550. The zero-order valence-corrected chi connectivity index (χ0v) is 14.4. The molecule has 4 nitrogen and oxygen atoms in total. The maximum Gasteiger partial charge on any atom is 0.138 e. The highest BCUT2D eigenvalue weighted by Gasteiger charge is 2.18. The summed E-state index contributed by atoms with van der Waals surface area (Å²) in [5, 5.41) is 8.85. The van der Waals surface area contributed by atoms with E-state index in [4.69, 9.17) is 0 Å². The molecule has 1 aliphatic carbocycles. The zero-order chi connectivity index (χ0) is 14.9. The van der Waals surface area contributed by atoms with E-state index in [2.05, 4.69) is 45.7 Å². The van der Waals surface area contributed by atoms with Crippen molar-refractivity contribution < 1.29 is 0 Å². The van der Waals surface area contributed by atoms with Gasteiger partial charge >= 0.3 is 0 Å². The van der Waals surface area contributed by atoms with Crippen LogP contribution in [-0.2, 0) is 13.0 Å². The van der Waals surface area contributed by atoms with Crippen molar-refractivity contribution in [2.75, 3.05) is 12.3 Å². The molecule has 0 spiro atoms. The Balaban J connectivity index is 1.84. The van der Waals surface area contributed by atoms with Crippen molar-refractivity contribution in [1.82, 2.24) is 20.1 Å². The van der Waals surface area contributed by atoms with E-state index in [1.807, 2.05) is 0 Å². The van der Waals surface area contributed by atoms with Crippen LogP contribution in [0.2, 0.25) is 0 Å². The molecule has 1 aromatic rings. The van der Waals surface area contributed by atoms with E-state index in [9.17, 15) is 0 Å². The summed E-state index contributed by atoms with van der Waals surface area (Å²) in [5.41, 5.74) is 0. The number of rotatable bonds is 9. The molecule has 1 aliphatic rings. The molecular formula is C16H30N4S. The Bertz CT molecular complexity index is 387. The summed E-state index contributed by atoms with van der Waals surface area (Å²) in [6.45, 7) is 6.38. The van der Waals surface area contributed by atoms with Crippen molar-refractivity contribution in [2.45, 2.75) is 76.6 Å². The van der Waals surface area contributed by atoms with E-state index in [1.54, 1.807) is 6.33 Å². The Morgan fingerprint density at radius 2 is 2.14 bits per heavy atom. The van der Waals surface area contributed by atoms with E-state index in [-0.39, 0.29) is 0 Å². The summed E-state index contributed by atoms with van der Waals surface area (Å²) in [7, 11) is 0. The van der Waals surface area contributed by atoms with E-state index in [0.717, 1.165) is 37.0 Å². The predicted molar refractivity (Wildman–Crippen MR) is 90.8 cm³/mol. The molecule has 0 saturated heterocycles. The number of hydrogen-bond acceptors (Lipinski definition) is 4. The second kappa shape index (κ2) is 9.46. The average Bonchev–Trinajstić information content (AvgIpc) is 2.94. The smallest absolute Gasteiger partial charge is 0.138 e. The molecule has 0 bridgehead atoms. The van der Waals surface area contributed by atoms with Gasteiger partial charge in [0.25, 0.3) is 0 Å². The Labute approximate surface area is 133 Å². The van der Waals surface area contributed by atoms with Gasteiger partial charge in [-0.3, -0.25) is 4.68 Å². The lowest BCUT2D eigenvalue weighted by atomic mass is 10.0. The van der Waals surface area contributed by atoms with Gasteiger partial charge in [0, 0.05) is 30.0 Å². The first-order valence-corrected chi connectivity index (χ1v) is 9.60. The second-order valence-corrected chi connectivity index (χ2v) is 7.28. The Kier molecular flexibility index (Phi) is 7.58. The van der Waals surface area contributed by atoms with Crippen LogP contribution >= 0.6 is 11.8 Å². The fraction of sp³-hybridized carbons (Fsp3) is 0.875. The number of nitrogens with zero attached hydrogens (tertiary/aromatic N) is 3. The van der Waals surface area contributed by atoms with Gasteiger partial charge in [-0.05, 0) is 25.8 Å². The van der Waals surface area contributed by atoms with Crippen molar-refractivity contribution in [1.29, 1.82) is 0 Å². The zero-order valence-electron chi connectivity index (χ0n) is 13.6. The van der Waals surface area contributed by atoms with Crippen LogP contribution in [0, 0.1) is 0 Å². The first-order valence-electron chi connectivity index (χ1n) is 8.55. The molecule has 0 aliphatic heterocycles. The lowest BCUT2D eigenvalue weighted by molar-refractivity contribution is 0.503. The predicted octanol–water partition coefficient (Wildman–Crippen LogP) is 3.27. The van der Waals surface area contributed by atoms with Crippen molar-refractivity contribution in [3.8, 4) is 0 Å². The van der Waals surface area contributed by atoms with Crippen LogP contribution in [-0.4, -0.2) is 38.4 Å². The summed E-state index contributed by atoms with van der Waals surface area (Å²) >= 11 is 2.17. The molecule has 120 valence electrons. The van der Waals surface area contributed by atoms with Gasteiger partial charge in [0.05, 0.1) is 0 Å². The van der Waals surface area contributed by atoms with Crippen LogP contribution in [0.25, 0.3) is 0 Å². The third-order valence-electron chi connectivity index (χ3n) is 4.14. The summed E-state index contributed by atoms with van der Waals surface area (Å²) in [4.78, 5) is 4.45. The molecule has 1 unspecified atom stereocenters. The second-order valence-electron chi connectivity index (χ2n) is 5.95. The number of aryl methyl sites for hydroxylation is 1. The molecule has 1 atom stereocenters. The molecule has 1 saturated carbocycles. The molecule has 1 N–H and O–H groups in total. The highest BCUT2D eigenvalue weighted by atomic mass is 32.2. The topological polar surface area (TPSA) is 42.7 Å². The van der Waals surface area contributed by atoms with Crippen LogP contribution in [0.15, 0.2) is 6.33 Å². The van der Waals surface area contributed by atoms with Crippen LogP contribution in [0.3, 0.4) is 0 Å². The monoisotopic (exact) mass is 310 g/mol. The molecular weight excluding hydrogens is 280 g/mol. The van der Waals surface area contributed by atoms with Gasteiger partial charge in [-0.1, -0.05) is 33.1 Å². The summed E-state index contributed by atoms with van der Waals surface area (Å²) in [5.74, 6) is 2.32. The van der Waals surface area contributed by atoms with Crippen LogP contribution in [0.4, 0.5) is 0 Å². The van der Waals surface area contributed by atoms with Gasteiger partial charge in [0.1, 0.15) is 12.2 Å². The lowest BCUT2D eigenvalue weighted by Gasteiger charge is -2.24. The number of nitrogens with one attached hydrogen (secondary N) is 1. The van der Waals surface area contributed by atoms with Gasteiger partial charge in [0.15, 0.2) is 0 Å². The lowest BCUT2D eigenvalue weighted by Crippen LogP contribution is -2.35. The van der Waals surface area contributed by atoms with Crippen molar-refractivity contribution >= 4 is 11.8 Å². The molecule has 0 amide bonds. The molecule has 1 aromatic heterocycles. The quantitative estimate of drug-likeness (QED) is 0.760. The number of aromatic nitrogens is 3. The first-order chi connectivity index (χ1) is 10.3. The van der Waals surface area contributed by atoms with E-state index >= 15 is 0 Å². The molecule has 21 heavy (non-hydrogen) atoms. The average molecular weight is 311 g/mol. The molecule has 2 rings (SSSR count). The van der Waals surface area contributed by atoms with Crippen LogP contribution < -0.4 is 5.32 Å². The highest BCUT2D eigenvalue weighted by molar-refractivity contribution is 7.99. The van der Waals surface area contributed by atoms with E-state index in [0.29, 0.717) is 6.04 Å². The third kappa shape index (κ3) is 5.62. The van der Waals surface area contributed by atoms with Crippen LogP contribution in [0.1, 0.15) is 58.2 Å². The van der Waals surface area contributed by atoms with Gasteiger partial charge in [-0.2, -0.15) is 16.9 Å². The van der Waals surface area contributed by atoms with Crippen molar-refractivity contribution in [2.24, 2.45) is 0 Å². The summed E-state index contributed by atoms with van der Waals surface area (Å²) in [6.07, 6.45) is 10.9. The SMILES string of the molecule is CCCn1ncnc1CC(CSC1CCCCC1)NCC. The first kappa shape index (κ1) is 16.8. The molecule has 1 heterocycles. The Morgan fingerprint density at radius 1 is 1.33 bits per heavy atom. The van der Waals surface area contributed by atoms with Crippen molar-refractivity contribution in [3.63, 3.8) is 0 Å². The normalized spacial score (nSPS) is 18.0. The fourth-order valence-corrected chi connectivity index (χ4v) is 4.43. The maximum atomic E-state index is 4.45. The Morgan fingerprint density at radius 3 is 2.86 bits per heavy atom. The minimum absolute atomic E-state index is 0.515. The molecule has 0 aromatic carbocycles. The molecule has 5 heteroatoms. The van der Waals surface area contributed by atoms with Crippen molar-refractivity contribution in [3.05, 3.63) is 12.2 Å². The largest absolute Gasteiger partial charge is 0.313 e. The van der Waals surface area contributed by atoms with Gasteiger partial charge in [-0.25, -0.2) is 4.98 Å². The number of likely N-dealkylation sites (N-methyl/N-ethyl adjacent to an activating group) is 1. The minimum atomic E-state index is 0.515. The standard InChI is InChI=1S/C16H30N4S/c1-3-10-20-16(18-13-19-20)11-14(17-4-2)12-21-15-8-6-5-7-9-15/h13-15,17H,3-12H2,1-2H3. The summed E-state index contributed by atoms with van der Waals surface area (Å²) < 4.78 is 2.07. The van der Waals surface area contributed by atoms with E-state index < -0.39 is 0 Å². The van der Waals surface area contributed by atoms with Gasteiger partial charge < -0.3 is 5.32 Å². The summed E-state index contributed by atoms with van der Waals surface area (Å²) in [6, 6.07) is 0.515. The number of hydrogen-bond donors (Lipinski definition) is 1.